The van der Waals surface area contributed by atoms with Crippen LogP contribution in [0.15, 0.2) is 23.0 Å². The molecule has 1 aromatic heterocycles. The number of hydrogen-bond donors (Lipinski definition) is 1. The highest BCUT2D eigenvalue weighted by molar-refractivity contribution is 5.73. The molecule has 1 heterocycles. The largest absolute Gasteiger partial charge is 0.497 e. The van der Waals surface area contributed by atoms with E-state index in [0.717, 1.165) is 35.5 Å². The maximum absolute atomic E-state index is 12.9. The van der Waals surface area contributed by atoms with E-state index in [1.165, 1.54) is 5.56 Å². The zero-order chi connectivity index (χ0) is 16.8. The first-order chi connectivity index (χ1) is 10.9. The number of methoxy groups -OCH3 is 1. The number of nitrogens with zero attached hydrogens (tertiary/aromatic N) is 2. The molecule has 5 nitrogen and oxygen atoms in total. The molecule has 0 unspecified atom stereocenters. The summed E-state index contributed by atoms with van der Waals surface area (Å²) in [4.78, 5) is 17.7. The van der Waals surface area contributed by atoms with E-state index in [4.69, 9.17) is 9.72 Å². The molecule has 122 valence electrons. The first kappa shape index (κ1) is 15.6. The average Bonchev–Trinajstić information content (AvgIpc) is 2.50. The van der Waals surface area contributed by atoms with Gasteiger partial charge >= 0.3 is 0 Å². The van der Waals surface area contributed by atoms with Gasteiger partial charge in [0.05, 0.1) is 12.8 Å². The molecule has 0 bridgehead atoms. The van der Waals surface area contributed by atoms with Crippen molar-refractivity contribution in [3.63, 3.8) is 0 Å². The van der Waals surface area contributed by atoms with Gasteiger partial charge in [0.15, 0.2) is 0 Å². The quantitative estimate of drug-likeness (QED) is 0.946. The fourth-order valence-electron chi connectivity index (χ4n) is 3.36. The molecule has 0 aliphatic heterocycles. The Morgan fingerprint density at radius 2 is 2.13 bits per heavy atom. The smallest absolute Gasteiger partial charge is 0.259 e. The summed E-state index contributed by atoms with van der Waals surface area (Å²) in [6.45, 7) is 6.92. The minimum atomic E-state index is -0.263. The standard InChI is InChI=1S/C18H23N3O2/c1-6-19-17-20-15-13-8-7-12(23-5)9-11(13)10-18(2,3)14(15)16(22)21(17)4/h7-9H,6,10H2,1-5H3,(H,19,20). The van der Waals surface area contributed by atoms with Crippen LogP contribution in [0, 0.1) is 0 Å². The molecule has 5 heteroatoms. The number of nitrogens with one attached hydrogen (secondary N) is 1. The fourth-order valence-corrected chi connectivity index (χ4v) is 3.36. The molecule has 0 spiro atoms. The normalized spacial score (nSPS) is 14.8. The van der Waals surface area contributed by atoms with Crippen LogP contribution in [0.2, 0.25) is 0 Å². The van der Waals surface area contributed by atoms with Crippen LogP contribution in [0.5, 0.6) is 5.75 Å². The van der Waals surface area contributed by atoms with Crippen molar-refractivity contribution in [2.24, 2.45) is 7.05 Å². The number of hydrogen-bond acceptors (Lipinski definition) is 4. The lowest BCUT2D eigenvalue weighted by molar-refractivity contribution is 0.413. The van der Waals surface area contributed by atoms with Crippen molar-refractivity contribution in [3.05, 3.63) is 39.7 Å². The summed E-state index contributed by atoms with van der Waals surface area (Å²) in [5.74, 6) is 1.44. The molecule has 0 atom stereocenters. The number of anilines is 1. The number of aromatic nitrogens is 2. The van der Waals surface area contributed by atoms with Gasteiger partial charge in [-0.25, -0.2) is 4.98 Å². The SMILES string of the molecule is CCNc1nc2c(c(=O)n1C)C(C)(C)Cc1cc(OC)ccc1-2. The number of benzene rings is 1. The lowest BCUT2D eigenvalue weighted by Crippen LogP contribution is -2.37. The van der Waals surface area contributed by atoms with Crippen LogP contribution in [0.1, 0.15) is 31.9 Å². The van der Waals surface area contributed by atoms with Crippen molar-refractivity contribution in [1.82, 2.24) is 9.55 Å². The molecule has 2 aromatic rings. The van der Waals surface area contributed by atoms with Crippen molar-refractivity contribution in [2.45, 2.75) is 32.6 Å². The van der Waals surface area contributed by atoms with Crippen LogP contribution < -0.4 is 15.6 Å². The second-order valence-corrected chi connectivity index (χ2v) is 6.64. The van der Waals surface area contributed by atoms with E-state index in [9.17, 15) is 4.79 Å². The van der Waals surface area contributed by atoms with Gasteiger partial charge in [-0.1, -0.05) is 13.8 Å². The third-order valence-electron chi connectivity index (χ3n) is 4.50. The Morgan fingerprint density at radius 1 is 1.39 bits per heavy atom. The summed E-state index contributed by atoms with van der Waals surface area (Å²) in [5, 5.41) is 3.17. The summed E-state index contributed by atoms with van der Waals surface area (Å²) in [6.07, 6.45) is 0.796. The first-order valence-corrected chi connectivity index (χ1v) is 7.91. The third-order valence-corrected chi connectivity index (χ3v) is 4.50. The molecule has 0 fully saturated rings. The Balaban J connectivity index is 2.33. The number of rotatable bonds is 3. The molecule has 0 saturated heterocycles. The van der Waals surface area contributed by atoms with Crippen molar-refractivity contribution < 1.29 is 4.74 Å². The maximum atomic E-state index is 12.9. The molecule has 0 amide bonds. The van der Waals surface area contributed by atoms with E-state index >= 15 is 0 Å². The van der Waals surface area contributed by atoms with Crippen molar-refractivity contribution >= 4 is 5.95 Å². The molecule has 1 aliphatic rings. The van der Waals surface area contributed by atoms with Gasteiger partial charge in [0.2, 0.25) is 5.95 Å². The van der Waals surface area contributed by atoms with E-state index < -0.39 is 0 Å². The highest BCUT2D eigenvalue weighted by atomic mass is 16.5. The van der Waals surface area contributed by atoms with Gasteiger partial charge in [-0.15, -0.1) is 0 Å². The minimum absolute atomic E-state index is 0.0254. The topological polar surface area (TPSA) is 56.2 Å². The highest BCUT2D eigenvalue weighted by Crippen LogP contribution is 2.41. The summed E-state index contributed by atoms with van der Waals surface area (Å²) >= 11 is 0. The summed E-state index contributed by atoms with van der Waals surface area (Å²) in [5.41, 5.74) is 3.54. The summed E-state index contributed by atoms with van der Waals surface area (Å²) in [7, 11) is 3.44. The molecule has 0 radical (unpaired) electrons. The van der Waals surface area contributed by atoms with Crippen LogP contribution >= 0.6 is 0 Å². The predicted octanol–water partition coefficient (Wildman–Crippen LogP) is 2.72. The molecule has 1 aliphatic carbocycles. The number of ether oxygens (including phenoxy) is 1. The van der Waals surface area contributed by atoms with Crippen LogP contribution in [-0.2, 0) is 18.9 Å². The third kappa shape index (κ3) is 2.40. The van der Waals surface area contributed by atoms with E-state index in [-0.39, 0.29) is 11.0 Å². The summed E-state index contributed by atoms with van der Waals surface area (Å²) < 4.78 is 6.95. The molecule has 1 aromatic carbocycles. The van der Waals surface area contributed by atoms with Crippen molar-refractivity contribution in [1.29, 1.82) is 0 Å². The van der Waals surface area contributed by atoms with Crippen LogP contribution in [0.4, 0.5) is 5.95 Å². The lowest BCUT2D eigenvalue weighted by Gasteiger charge is -2.33. The monoisotopic (exact) mass is 313 g/mol. The van der Waals surface area contributed by atoms with Gasteiger partial charge in [0.25, 0.3) is 5.56 Å². The molecule has 1 N–H and O–H groups in total. The van der Waals surface area contributed by atoms with E-state index in [1.54, 1.807) is 18.7 Å². The Kier molecular flexibility index (Phi) is 3.66. The van der Waals surface area contributed by atoms with Crippen molar-refractivity contribution in [2.75, 3.05) is 19.0 Å². The fraction of sp³-hybridized carbons (Fsp3) is 0.444. The van der Waals surface area contributed by atoms with Gasteiger partial charge in [0, 0.05) is 30.1 Å². The van der Waals surface area contributed by atoms with Gasteiger partial charge in [0.1, 0.15) is 5.75 Å². The van der Waals surface area contributed by atoms with Crippen LogP contribution in [0.3, 0.4) is 0 Å². The van der Waals surface area contributed by atoms with E-state index in [1.807, 2.05) is 25.1 Å². The Bertz CT molecular complexity index is 822. The second-order valence-electron chi connectivity index (χ2n) is 6.64. The Hall–Kier alpha value is -2.30. The molecule has 23 heavy (non-hydrogen) atoms. The maximum Gasteiger partial charge on any atom is 0.259 e. The van der Waals surface area contributed by atoms with Gasteiger partial charge in [-0.3, -0.25) is 9.36 Å². The van der Waals surface area contributed by atoms with Gasteiger partial charge in [-0.2, -0.15) is 0 Å². The average molecular weight is 313 g/mol. The van der Waals surface area contributed by atoms with E-state index in [0.29, 0.717) is 5.95 Å². The van der Waals surface area contributed by atoms with Crippen molar-refractivity contribution in [3.8, 4) is 17.0 Å². The van der Waals surface area contributed by atoms with Gasteiger partial charge < -0.3 is 10.1 Å². The van der Waals surface area contributed by atoms with E-state index in [2.05, 4.69) is 19.2 Å². The first-order valence-electron chi connectivity index (χ1n) is 7.91. The zero-order valence-electron chi connectivity index (χ0n) is 14.4. The predicted molar refractivity (Wildman–Crippen MR) is 92.4 cm³/mol. The van der Waals surface area contributed by atoms with Crippen LogP contribution in [-0.4, -0.2) is 23.2 Å². The van der Waals surface area contributed by atoms with Crippen LogP contribution in [0.25, 0.3) is 11.3 Å². The molecule has 0 saturated carbocycles. The zero-order valence-corrected chi connectivity index (χ0v) is 14.4. The lowest BCUT2D eigenvalue weighted by atomic mass is 9.72. The Morgan fingerprint density at radius 3 is 2.78 bits per heavy atom. The molecular formula is C18H23N3O2. The molecule has 3 rings (SSSR count). The molecular weight excluding hydrogens is 290 g/mol. The van der Waals surface area contributed by atoms with Gasteiger partial charge in [-0.05, 0) is 37.1 Å². The second kappa shape index (κ2) is 5.41. The number of fused-ring (bicyclic) bond motifs is 3. The minimum Gasteiger partial charge on any atom is -0.497 e. The Labute approximate surface area is 136 Å². The summed E-state index contributed by atoms with van der Waals surface area (Å²) in [6, 6.07) is 5.98. The highest BCUT2D eigenvalue weighted by Gasteiger charge is 2.35.